The molecule has 4 aromatic carbocycles. The molecule has 0 fully saturated rings. The van der Waals surface area contributed by atoms with Crippen molar-refractivity contribution in [3.63, 3.8) is 0 Å². The standard InChI is InChI=1S/C17H18O4.C15H16O2/c1-17(2,11-4-7-13(18)8-5-11)12-6-9-15(19)14(10-12)16(20)21-3;1-15(2,11-3-7-13(16)8-4-11)12-5-9-14(17)10-6-12/h4-10,18-19H,1-3H3;3-10,16-17H,1-2H3. The number of esters is 1. The van der Waals surface area contributed by atoms with Crippen LogP contribution in [0.4, 0.5) is 0 Å². The molecule has 0 saturated carbocycles. The number of ether oxygens (including phenoxy) is 1. The van der Waals surface area contributed by atoms with Crippen molar-refractivity contribution in [3.8, 4) is 23.0 Å². The first-order chi connectivity index (χ1) is 17.9. The third kappa shape index (κ3) is 6.27. The van der Waals surface area contributed by atoms with Crippen LogP contribution >= 0.6 is 0 Å². The third-order valence-electron chi connectivity index (χ3n) is 6.89. The summed E-state index contributed by atoms with van der Waals surface area (Å²) in [6.45, 7) is 8.25. The smallest absolute Gasteiger partial charge is 0.341 e. The summed E-state index contributed by atoms with van der Waals surface area (Å²) >= 11 is 0. The number of hydrogen-bond donors (Lipinski definition) is 4. The zero-order valence-corrected chi connectivity index (χ0v) is 22.3. The van der Waals surface area contributed by atoms with Gasteiger partial charge >= 0.3 is 5.97 Å². The molecule has 0 aliphatic heterocycles. The van der Waals surface area contributed by atoms with E-state index in [1.54, 1.807) is 48.5 Å². The quantitative estimate of drug-likeness (QED) is 0.223. The lowest BCUT2D eigenvalue weighted by Gasteiger charge is -2.26. The number of benzene rings is 4. The van der Waals surface area contributed by atoms with Gasteiger partial charge in [-0.05, 0) is 70.8 Å². The van der Waals surface area contributed by atoms with E-state index >= 15 is 0 Å². The van der Waals surface area contributed by atoms with Crippen molar-refractivity contribution < 1.29 is 30.0 Å². The van der Waals surface area contributed by atoms with Gasteiger partial charge in [0.25, 0.3) is 0 Å². The van der Waals surface area contributed by atoms with Gasteiger partial charge in [0.05, 0.1) is 7.11 Å². The monoisotopic (exact) mass is 514 g/mol. The molecule has 0 aliphatic carbocycles. The van der Waals surface area contributed by atoms with Crippen molar-refractivity contribution in [2.45, 2.75) is 38.5 Å². The summed E-state index contributed by atoms with van der Waals surface area (Å²) < 4.78 is 4.67. The summed E-state index contributed by atoms with van der Waals surface area (Å²) in [6, 6.07) is 26.3. The lowest BCUT2D eigenvalue weighted by atomic mass is 9.77. The summed E-state index contributed by atoms with van der Waals surface area (Å²) in [5, 5.41) is 37.8. The molecule has 198 valence electrons. The molecule has 0 radical (unpaired) electrons. The number of aromatic hydroxyl groups is 4. The van der Waals surface area contributed by atoms with Gasteiger partial charge in [0.1, 0.15) is 28.6 Å². The number of rotatable bonds is 5. The maximum Gasteiger partial charge on any atom is 0.341 e. The van der Waals surface area contributed by atoms with Gasteiger partial charge in [0.2, 0.25) is 0 Å². The van der Waals surface area contributed by atoms with Gasteiger partial charge in [-0.25, -0.2) is 4.79 Å². The second-order valence-electron chi connectivity index (χ2n) is 10.1. The fraction of sp³-hybridized carbons (Fsp3) is 0.219. The Morgan fingerprint density at radius 1 is 0.553 bits per heavy atom. The van der Waals surface area contributed by atoms with Gasteiger partial charge in [-0.3, -0.25) is 0 Å². The predicted molar refractivity (Wildman–Crippen MR) is 148 cm³/mol. The number of carbonyl (C=O) groups is 1. The number of hydrogen-bond acceptors (Lipinski definition) is 6. The van der Waals surface area contributed by atoms with Gasteiger partial charge in [0, 0.05) is 10.8 Å². The predicted octanol–water partition coefficient (Wildman–Crippen LogP) is 6.63. The molecule has 4 aromatic rings. The minimum Gasteiger partial charge on any atom is -0.508 e. The molecule has 0 aromatic heterocycles. The lowest BCUT2D eigenvalue weighted by molar-refractivity contribution is 0.0597. The normalized spacial score (nSPS) is 11.3. The molecule has 0 atom stereocenters. The van der Waals surface area contributed by atoms with E-state index in [2.05, 4.69) is 18.6 Å². The molecule has 0 spiro atoms. The molecule has 0 heterocycles. The molecule has 38 heavy (non-hydrogen) atoms. The molecule has 6 heteroatoms. The van der Waals surface area contributed by atoms with Crippen LogP contribution in [0.5, 0.6) is 23.0 Å². The SMILES string of the molecule is CC(C)(c1ccc(O)cc1)c1ccc(O)cc1.COC(=O)c1cc(C(C)(C)c2ccc(O)cc2)ccc1O. The summed E-state index contributed by atoms with van der Waals surface area (Å²) in [6.07, 6.45) is 0. The van der Waals surface area contributed by atoms with Gasteiger partial charge in [-0.1, -0.05) is 70.2 Å². The highest BCUT2D eigenvalue weighted by Crippen LogP contribution is 2.35. The fourth-order valence-electron chi connectivity index (χ4n) is 4.17. The minimum atomic E-state index is -0.573. The second-order valence-corrected chi connectivity index (χ2v) is 10.1. The highest BCUT2D eigenvalue weighted by atomic mass is 16.5. The third-order valence-corrected chi connectivity index (χ3v) is 6.89. The molecular weight excluding hydrogens is 480 g/mol. The van der Waals surface area contributed by atoms with Crippen LogP contribution in [0, 0.1) is 0 Å². The highest BCUT2D eigenvalue weighted by Gasteiger charge is 2.26. The van der Waals surface area contributed by atoms with Crippen LogP contribution in [0.25, 0.3) is 0 Å². The molecule has 0 unspecified atom stereocenters. The topological polar surface area (TPSA) is 107 Å². The molecular formula is C32H34O6. The van der Waals surface area contributed by atoms with Crippen LogP contribution < -0.4 is 0 Å². The van der Waals surface area contributed by atoms with E-state index < -0.39 is 5.97 Å². The Balaban J connectivity index is 0.000000215. The average Bonchev–Trinajstić information content (AvgIpc) is 2.89. The van der Waals surface area contributed by atoms with Crippen molar-refractivity contribution in [1.82, 2.24) is 0 Å². The van der Waals surface area contributed by atoms with Crippen LogP contribution in [0.2, 0.25) is 0 Å². The Labute approximate surface area is 223 Å². The molecule has 0 amide bonds. The summed E-state index contributed by atoms with van der Waals surface area (Å²) in [4.78, 5) is 11.7. The van der Waals surface area contributed by atoms with E-state index in [-0.39, 0.29) is 39.4 Å². The maximum atomic E-state index is 11.7. The number of phenols is 4. The largest absolute Gasteiger partial charge is 0.508 e. The van der Waals surface area contributed by atoms with Crippen molar-refractivity contribution in [1.29, 1.82) is 0 Å². The molecule has 4 N–H and O–H groups in total. The van der Waals surface area contributed by atoms with Crippen LogP contribution in [0.15, 0.2) is 91.0 Å². The van der Waals surface area contributed by atoms with Gasteiger partial charge in [0.15, 0.2) is 0 Å². The first kappa shape index (κ1) is 28.1. The van der Waals surface area contributed by atoms with Gasteiger partial charge in [-0.2, -0.15) is 0 Å². The summed E-state index contributed by atoms with van der Waals surface area (Å²) in [7, 11) is 1.28. The van der Waals surface area contributed by atoms with E-state index in [1.807, 2.05) is 50.2 Å². The minimum absolute atomic E-state index is 0.105. The Morgan fingerprint density at radius 2 is 0.868 bits per heavy atom. The van der Waals surface area contributed by atoms with E-state index in [1.165, 1.54) is 13.2 Å². The molecule has 6 nitrogen and oxygen atoms in total. The Kier molecular flexibility index (Phi) is 8.36. The second kappa shape index (κ2) is 11.3. The van der Waals surface area contributed by atoms with Crippen LogP contribution in [0.1, 0.15) is 60.3 Å². The molecule has 4 rings (SSSR count). The highest BCUT2D eigenvalue weighted by molar-refractivity contribution is 5.92. The van der Waals surface area contributed by atoms with E-state index in [0.717, 1.165) is 22.3 Å². The maximum absolute atomic E-state index is 11.7. The van der Waals surface area contributed by atoms with Crippen LogP contribution in [-0.4, -0.2) is 33.5 Å². The first-order valence-electron chi connectivity index (χ1n) is 12.2. The summed E-state index contributed by atoms with van der Waals surface area (Å²) in [5.74, 6) is 0.0731. The zero-order chi connectivity index (χ0) is 28.1. The fourth-order valence-corrected chi connectivity index (χ4v) is 4.17. The van der Waals surface area contributed by atoms with Crippen molar-refractivity contribution >= 4 is 5.97 Å². The Hall–Kier alpha value is -4.45. The average molecular weight is 515 g/mol. The lowest BCUT2D eigenvalue weighted by Crippen LogP contribution is -2.19. The van der Waals surface area contributed by atoms with Crippen molar-refractivity contribution in [2.24, 2.45) is 0 Å². The van der Waals surface area contributed by atoms with Crippen molar-refractivity contribution in [2.75, 3.05) is 7.11 Å². The molecule has 0 saturated heterocycles. The number of phenolic OH excluding ortho intramolecular Hbond substituents is 4. The van der Waals surface area contributed by atoms with Crippen molar-refractivity contribution in [3.05, 3.63) is 119 Å². The van der Waals surface area contributed by atoms with Crippen LogP contribution in [-0.2, 0) is 15.6 Å². The van der Waals surface area contributed by atoms with E-state index in [9.17, 15) is 25.2 Å². The van der Waals surface area contributed by atoms with Gasteiger partial charge in [-0.15, -0.1) is 0 Å². The molecule has 0 bridgehead atoms. The zero-order valence-electron chi connectivity index (χ0n) is 22.3. The Morgan fingerprint density at radius 3 is 1.21 bits per heavy atom. The molecule has 0 aliphatic rings. The number of carbonyl (C=O) groups excluding carboxylic acids is 1. The Bertz CT molecular complexity index is 1320. The van der Waals surface area contributed by atoms with Gasteiger partial charge < -0.3 is 25.2 Å². The van der Waals surface area contributed by atoms with Crippen LogP contribution in [0.3, 0.4) is 0 Å². The summed E-state index contributed by atoms with van der Waals surface area (Å²) in [5.41, 5.74) is 3.71. The van der Waals surface area contributed by atoms with E-state index in [0.29, 0.717) is 0 Å². The van der Waals surface area contributed by atoms with E-state index in [4.69, 9.17) is 0 Å². The number of methoxy groups -OCH3 is 1. The first-order valence-corrected chi connectivity index (χ1v) is 12.2.